The summed E-state index contributed by atoms with van der Waals surface area (Å²) in [6, 6.07) is 0. The van der Waals surface area contributed by atoms with Crippen LogP contribution in [-0.2, 0) is 4.74 Å². The van der Waals surface area contributed by atoms with Crippen LogP contribution >= 0.6 is 12.2 Å². The molecule has 1 saturated heterocycles. The summed E-state index contributed by atoms with van der Waals surface area (Å²) in [6.07, 6.45) is 0. The lowest BCUT2D eigenvalue weighted by Crippen LogP contribution is -2.37. The van der Waals surface area contributed by atoms with Gasteiger partial charge in [0.25, 0.3) is 5.17 Å². The summed E-state index contributed by atoms with van der Waals surface area (Å²) in [5.74, 6) is 0.599. The highest BCUT2D eigenvalue weighted by atomic mass is 32.1. The van der Waals surface area contributed by atoms with E-state index in [4.69, 9.17) is 17.0 Å². The Balaban J connectivity index is 2.29. The third-order valence-electron chi connectivity index (χ3n) is 1.09. The van der Waals surface area contributed by atoms with Crippen molar-refractivity contribution in [3.63, 3.8) is 0 Å². The number of nitrogens with one attached hydrogen (secondary N) is 1. The monoisotopic (exact) mass is 131 g/mol. The fourth-order valence-corrected chi connectivity index (χ4v) is 0.737. The van der Waals surface area contributed by atoms with E-state index in [9.17, 15) is 0 Å². The van der Waals surface area contributed by atoms with Gasteiger partial charge < -0.3 is 10.1 Å². The molecule has 0 aromatic heterocycles. The molecule has 8 heavy (non-hydrogen) atoms. The van der Waals surface area contributed by atoms with Crippen LogP contribution in [0.5, 0.6) is 0 Å². The van der Waals surface area contributed by atoms with Crippen molar-refractivity contribution in [3.05, 3.63) is 0 Å². The largest absolute Gasteiger partial charge is 0.471 e. The van der Waals surface area contributed by atoms with Gasteiger partial charge in [-0.15, -0.1) is 0 Å². The van der Waals surface area contributed by atoms with E-state index in [2.05, 4.69) is 12.2 Å². The van der Waals surface area contributed by atoms with Crippen LogP contribution in [0.2, 0.25) is 0 Å². The molecule has 3 heteroatoms. The van der Waals surface area contributed by atoms with Crippen LogP contribution in [0.1, 0.15) is 6.92 Å². The van der Waals surface area contributed by atoms with Crippen LogP contribution < -0.4 is 5.32 Å². The van der Waals surface area contributed by atoms with Gasteiger partial charge in [-0.1, -0.05) is 6.92 Å². The first-order chi connectivity index (χ1) is 3.79. The van der Waals surface area contributed by atoms with E-state index < -0.39 is 0 Å². The molecular formula is C5H9NOS. The Labute approximate surface area is 54.2 Å². The van der Waals surface area contributed by atoms with Crippen molar-refractivity contribution in [2.24, 2.45) is 5.92 Å². The number of ether oxygens (including phenoxy) is 1. The molecule has 1 fully saturated rings. The second-order valence-corrected chi connectivity index (χ2v) is 2.46. The molecule has 46 valence electrons. The smallest absolute Gasteiger partial charge is 0.256 e. The van der Waals surface area contributed by atoms with Crippen LogP contribution in [0.3, 0.4) is 0 Å². The van der Waals surface area contributed by atoms with Gasteiger partial charge in [-0.2, -0.15) is 0 Å². The fourth-order valence-electron chi connectivity index (χ4n) is 0.585. The van der Waals surface area contributed by atoms with E-state index in [0.717, 1.165) is 13.2 Å². The van der Waals surface area contributed by atoms with Crippen molar-refractivity contribution in [2.45, 2.75) is 6.92 Å². The SMILES string of the molecule is CC1CNC(=S)OC1. The zero-order valence-electron chi connectivity index (χ0n) is 4.81. The van der Waals surface area contributed by atoms with Gasteiger partial charge in [-0.25, -0.2) is 0 Å². The van der Waals surface area contributed by atoms with E-state index >= 15 is 0 Å². The van der Waals surface area contributed by atoms with Crippen molar-refractivity contribution in [2.75, 3.05) is 13.2 Å². The lowest BCUT2D eigenvalue weighted by atomic mass is 10.2. The van der Waals surface area contributed by atoms with Gasteiger partial charge in [-0.3, -0.25) is 0 Å². The van der Waals surface area contributed by atoms with Crippen LogP contribution in [0.4, 0.5) is 0 Å². The van der Waals surface area contributed by atoms with Gasteiger partial charge in [0.1, 0.15) is 0 Å². The second kappa shape index (κ2) is 2.31. The third kappa shape index (κ3) is 1.33. The van der Waals surface area contributed by atoms with Gasteiger partial charge in [0.05, 0.1) is 6.61 Å². The Morgan fingerprint density at radius 3 is 3.00 bits per heavy atom. The average molecular weight is 131 g/mol. The molecule has 0 aliphatic carbocycles. The number of rotatable bonds is 0. The van der Waals surface area contributed by atoms with E-state index in [1.165, 1.54) is 0 Å². The number of hydrogen-bond donors (Lipinski definition) is 1. The van der Waals surface area contributed by atoms with Crippen molar-refractivity contribution in [3.8, 4) is 0 Å². The Hall–Kier alpha value is -0.310. The Morgan fingerprint density at radius 1 is 1.88 bits per heavy atom. The van der Waals surface area contributed by atoms with Crippen molar-refractivity contribution in [1.82, 2.24) is 5.32 Å². The molecule has 1 atom stereocenters. The van der Waals surface area contributed by atoms with E-state index in [1.807, 2.05) is 0 Å². The zero-order valence-corrected chi connectivity index (χ0v) is 5.62. The van der Waals surface area contributed by atoms with Crippen molar-refractivity contribution in [1.29, 1.82) is 0 Å². The van der Waals surface area contributed by atoms with E-state index in [-0.39, 0.29) is 0 Å². The molecule has 1 heterocycles. The molecule has 0 amide bonds. The molecule has 1 aliphatic rings. The standard InChI is InChI=1S/C5H9NOS/c1-4-2-6-5(8)7-3-4/h4H,2-3H2,1H3,(H,6,8). The van der Waals surface area contributed by atoms with Crippen molar-refractivity contribution >= 4 is 17.4 Å². The highest BCUT2D eigenvalue weighted by Crippen LogP contribution is 1.99. The minimum Gasteiger partial charge on any atom is -0.471 e. The Morgan fingerprint density at radius 2 is 2.62 bits per heavy atom. The highest BCUT2D eigenvalue weighted by Gasteiger charge is 2.10. The molecule has 0 spiro atoms. The van der Waals surface area contributed by atoms with Gasteiger partial charge in [-0.05, 0) is 12.2 Å². The fraction of sp³-hybridized carbons (Fsp3) is 0.800. The predicted octanol–water partition coefficient (Wildman–Crippen LogP) is 0.527. The first-order valence-electron chi connectivity index (χ1n) is 2.69. The van der Waals surface area contributed by atoms with Crippen LogP contribution in [-0.4, -0.2) is 18.3 Å². The molecule has 1 N–H and O–H groups in total. The number of hydrogen-bond acceptors (Lipinski definition) is 2. The summed E-state index contributed by atoms with van der Waals surface area (Å²) in [5.41, 5.74) is 0. The lowest BCUT2D eigenvalue weighted by molar-refractivity contribution is 0.213. The molecule has 0 bridgehead atoms. The maximum absolute atomic E-state index is 5.01. The Kier molecular flexibility index (Phi) is 1.68. The van der Waals surface area contributed by atoms with Gasteiger partial charge in [0.15, 0.2) is 0 Å². The molecule has 0 saturated carbocycles. The first-order valence-corrected chi connectivity index (χ1v) is 3.10. The van der Waals surface area contributed by atoms with Crippen molar-refractivity contribution < 1.29 is 4.74 Å². The molecule has 0 aromatic carbocycles. The van der Waals surface area contributed by atoms with Gasteiger partial charge >= 0.3 is 0 Å². The summed E-state index contributed by atoms with van der Waals surface area (Å²) < 4.78 is 5.01. The topological polar surface area (TPSA) is 21.3 Å². The summed E-state index contributed by atoms with van der Waals surface area (Å²) in [5, 5.41) is 3.49. The van der Waals surface area contributed by atoms with Crippen LogP contribution in [0, 0.1) is 5.92 Å². The van der Waals surface area contributed by atoms with E-state index in [0.29, 0.717) is 11.1 Å². The van der Waals surface area contributed by atoms with Gasteiger partial charge in [0.2, 0.25) is 0 Å². The summed E-state index contributed by atoms with van der Waals surface area (Å²) >= 11 is 4.73. The third-order valence-corrected chi connectivity index (χ3v) is 1.36. The Bertz CT molecular complexity index is 94.6. The number of thiocarbonyl (C=S) groups is 1. The summed E-state index contributed by atoms with van der Waals surface area (Å²) in [4.78, 5) is 0. The maximum atomic E-state index is 5.01. The molecule has 0 radical (unpaired) electrons. The van der Waals surface area contributed by atoms with E-state index in [1.54, 1.807) is 0 Å². The molecule has 1 rings (SSSR count). The molecule has 1 aliphatic heterocycles. The normalized spacial score (nSPS) is 28.6. The zero-order chi connectivity index (χ0) is 5.98. The molecule has 2 nitrogen and oxygen atoms in total. The van der Waals surface area contributed by atoms with Crippen LogP contribution in [0.15, 0.2) is 0 Å². The lowest BCUT2D eigenvalue weighted by Gasteiger charge is -2.20. The maximum Gasteiger partial charge on any atom is 0.256 e. The summed E-state index contributed by atoms with van der Waals surface area (Å²) in [7, 11) is 0. The minimum atomic E-state index is 0.545. The highest BCUT2D eigenvalue weighted by molar-refractivity contribution is 7.80. The second-order valence-electron chi connectivity index (χ2n) is 2.08. The van der Waals surface area contributed by atoms with Gasteiger partial charge in [0, 0.05) is 12.5 Å². The summed E-state index contributed by atoms with van der Waals surface area (Å²) in [6.45, 7) is 3.85. The molecule has 0 aromatic rings. The average Bonchev–Trinajstić information content (AvgIpc) is 1.77. The van der Waals surface area contributed by atoms with Crippen LogP contribution in [0.25, 0.3) is 0 Å². The minimum absolute atomic E-state index is 0.545. The quantitative estimate of drug-likeness (QED) is 0.484. The molecule has 1 unspecified atom stereocenters. The predicted molar refractivity (Wildman–Crippen MR) is 35.7 cm³/mol. The first kappa shape index (κ1) is 5.82. The molecular weight excluding hydrogens is 122 g/mol.